The van der Waals surface area contributed by atoms with Crippen molar-refractivity contribution in [1.82, 2.24) is 25.1 Å². The zero-order chi connectivity index (χ0) is 14.1. The average Bonchev–Trinajstić information content (AvgIpc) is 3.19. The summed E-state index contributed by atoms with van der Waals surface area (Å²) in [5.41, 5.74) is 0. The third-order valence-electron chi connectivity index (χ3n) is 4.85. The topological polar surface area (TPSA) is 46.8 Å². The van der Waals surface area contributed by atoms with Crippen molar-refractivity contribution in [3.63, 3.8) is 0 Å². The Morgan fingerprint density at radius 2 is 2.10 bits per heavy atom. The highest BCUT2D eigenvalue weighted by atomic mass is 32.1. The normalized spacial score (nSPS) is 24.1. The van der Waals surface area contributed by atoms with Crippen LogP contribution in [0, 0.1) is 5.92 Å². The molecule has 5 nitrogen and oxygen atoms in total. The Morgan fingerprint density at radius 1 is 1.19 bits per heavy atom. The summed E-state index contributed by atoms with van der Waals surface area (Å²) < 4.78 is 2.02. The molecule has 0 N–H and O–H groups in total. The fourth-order valence-corrected chi connectivity index (χ4v) is 4.58. The van der Waals surface area contributed by atoms with Gasteiger partial charge in [-0.3, -0.25) is 4.90 Å². The molecule has 0 radical (unpaired) electrons. The first kappa shape index (κ1) is 13.4. The summed E-state index contributed by atoms with van der Waals surface area (Å²) in [7, 11) is 0. The van der Waals surface area contributed by atoms with Gasteiger partial charge in [-0.25, -0.2) is 4.68 Å². The smallest absolute Gasteiger partial charge is 0.168 e. The van der Waals surface area contributed by atoms with Crippen LogP contribution < -0.4 is 0 Å². The molecule has 3 heterocycles. The Hall–Kier alpha value is -1.27. The van der Waals surface area contributed by atoms with Crippen LogP contribution in [-0.4, -0.2) is 31.7 Å². The van der Waals surface area contributed by atoms with Crippen LogP contribution in [0.25, 0.3) is 0 Å². The van der Waals surface area contributed by atoms with Gasteiger partial charge in [0, 0.05) is 18.0 Å². The van der Waals surface area contributed by atoms with Crippen LogP contribution >= 0.6 is 11.3 Å². The fraction of sp³-hybridized carbons (Fsp3) is 0.667. The minimum Gasteiger partial charge on any atom is -0.286 e. The third-order valence-corrected chi connectivity index (χ3v) is 5.71. The molecule has 1 atom stereocenters. The van der Waals surface area contributed by atoms with Gasteiger partial charge in [0.15, 0.2) is 5.82 Å². The van der Waals surface area contributed by atoms with Gasteiger partial charge in [-0.2, -0.15) is 0 Å². The van der Waals surface area contributed by atoms with Crippen molar-refractivity contribution in [2.45, 2.75) is 51.2 Å². The first-order chi connectivity index (χ1) is 10.4. The van der Waals surface area contributed by atoms with Gasteiger partial charge in [-0.05, 0) is 40.6 Å². The lowest BCUT2D eigenvalue weighted by Gasteiger charge is -2.40. The van der Waals surface area contributed by atoms with E-state index < -0.39 is 0 Å². The second kappa shape index (κ2) is 5.85. The van der Waals surface area contributed by atoms with Gasteiger partial charge in [0.25, 0.3) is 0 Å². The summed E-state index contributed by atoms with van der Waals surface area (Å²) in [4.78, 5) is 4.05. The highest BCUT2D eigenvalue weighted by Crippen LogP contribution is 2.39. The molecular weight excluding hydrogens is 282 g/mol. The van der Waals surface area contributed by atoms with Crippen LogP contribution in [0.2, 0.25) is 0 Å². The molecule has 0 spiro atoms. The minimum atomic E-state index is 0.399. The molecule has 0 aromatic carbocycles. The van der Waals surface area contributed by atoms with E-state index in [0.29, 0.717) is 12.0 Å². The lowest BCUT2D eigenvalue weighted by Crippen LogP contribution is -2.42. The number of fused-ring (bicyclic) bond motifs is 1. The Balaban J connectivity index is 1.62. The number of hydrogen-bond donors (Lipinski definition) is 0. The maximum Gasteiger partial charge on any atom is 0.168 e. The van der Waals surface area contributed by atoms with Crippen LogP contribution in [0.15, 0.2) is 17.5 Å². The summed E-state index contributed by atoms with van der Waals surface area (Å²) in [5, 5.41) is 14.6. The maximum atomic E-state index is 4.36. The molecule has 21 heavy (non-hydrogen) atoms. The number of tetrazole rings is 1. The van der Waals surface area contributed by atoms with E-state index in [-0.39, 0.29) is 0 Å². The molecular formula is C15H21N5S. The molecule has 2 aromatic heterocycles. The zero-order valence-corrected chi connectivity index (χ0v) is 13.0. The number of thiophene rings is 1. The van der Waals surface area contributed by atoms with E-state index >= 15 is 0 Å². The van der Waals surface area contributed by atoms with E-state index in [2.05, 4.69) is 37.9 Å². The standard InChI is InChI=1S/C15H21N5S/c1-2-5-12(6-3-1)14-15-16-17-18-20(15)9-8-19(14)11-13-7-4-10-21-13/h4,7,10,12,14H,1-3,5-6,8-9,11H2/t14-/m1/s1. The minimum absolute atomic E-state index is 0.399. The number of rotatable bonds is 3. The van der Waals surface area contributed by atoms with E-state index in [0.717, 1.165) is 25.5 Å². The molecule has 6 heteroatoms. The molecule has 1 fully saturated rings. The molecule has 2 aliphatic rings. The highest BCUT2D eigenvalue weighted by molar-refractivity contribution is 7.09. The van der Waals surface area contributed by atoms with Gasteiger partial charge in [0.05, 0.1) is 12.6 Å². The van der Waals surface area contributed by atoms with E-state index in [4.69, 9.17) is 0 Å². The summed E-state index contributed by atoms with van der Waals surface area (Å²) in [6, 6.07) is 4.78. The summed E-state index contributed by atoms with van der Waals surface area (Å²) >= 11 is 1.85. The van der Waals surface area contributed by atoms with Crippen molar-refractivity contribution in [1.29, 1.82) is 0 Å². The zero-order valence-electron chi connectivity index (χ0n) is 12.2. The van der Waals surface area contributed by atoms with Crippen LogP contribution in [-0.2, 0) is 13.1 Å². The van der Waals surface area contributed by atoms with Crippen molar-refractivity contribution in [2.24, 2.45) is 5.92 Å². The van der Waals surface area contributed by atoms with Crippen molar-refractivity contribution < 1.29 is 0 Å². The number of nitrogens with zero attached hydrogens (tertiary/aromatic N) is 5. The lowest BCUT2D eigenvalue weighted by molar-refractivity contribution is 0.0740. The largest absolute Gasteiger partial charge is 0.286 e. The van der Waals surface area contributed by atoms with Crippen molar-refractivity contribution >= 4 is 11.3 Å². The molecule has 1 aliphatic carbocycles. The van der Waals surface area contributed by atoms with Gasteiger partial charge in [-0.15, -0.1) is 16.4 Å². The van der Waals surface area contributed by atoms with Crippen molar-refractivity contribution in [3.05, 3.63) is 28.2 Å². The van der Waals surface area contributed by atoms with E-state index in [1.54, 1.807) is 0 Å². The van der Waals surface area contributed by atoms with Crippen LogP contribution in [0.1, 0.15) is 48.8 Å². The molecule has 1 aliphatic heterocycles. The maximum absolute atomic E-state index is 4.36. The SMILES string of the molecule is c1csc(CN2CCn3nnnc3[C@H]2C2CCCCC2)c1. The predicted octanol–water partition coefficient (Wildman–Crippen LogP) is 2.87. The van der Waals surface area contributed by atoms with Gasteiger partial charge in [0.2, 0.25) is 0 Å². The first-order valence-corrected chi connectivity index (χ1v) is 8.82. The van der Waals surface area contributed by atoms with Crippen molar-refractivity contribution in [2.75, 3.05) is 6.54 Å². The average molecular weight is 303 g/mol. The number of hydrogen-bond acceptors (Lipinski definition) is 5. The Labute approximate surface area is 129 Å². The lowest BCUT2D eigenvalue weighted by atomic mass is 9.82. The molecule has 1 saturated carbocycles. The molecule has 0 saturated heterocycles. The van der Waals surface area contributed by atoms with Gasteiger partial charge in [-0.1, -0.05) is 25.3 Å². The Kier molecular flexibility index (Phi) is 3.73. The van der Waals surface area contributed by atoms with Gasteiger partial charge < -0.3 is 0 Å². The van der Waals surface area contributed by atoms with Crippen molar-refractivity contribution in [3.8, 4) is 0 Å². The van der Waals surface area contributed by atoms with Gasteiger partial charge in [0.1, 0.15) is 0 Å². The number of aromatic nitrogens is 4. The molecule has 4 rings (SSSR count). The summed E-state index contributed by atoms with van der Waals surface area (Å²) in [6.07, 6.45) is 6.74. The second-order valence-electron chi connectivity index (χ2n) is 6.15. The van der Waals surface area contributed by atoms with E-state index in [9.17, 15) is 0 Å². The van der Waals surface area contributed by atoms with Crippen LogP contribution in [0.5, 0.6) is 0 Å². The van der Waals surface area contributed by atoms with E-state index in [1.807, 2.05) is 16.0 Å². The fourth-order valence-electron chi connectivity index (χ4n) is 3.85. The Morgan fingerprint density at radius 3 is 2.90 bits per heavy atom. The highest BCUT2D eigenvalue weighted by Gasteiger charge is 2.36. The predicted molar refractivity (Wildman–Crippen MR) is 81.9 cm³/mol. The first-order valence-electron chi connectivity index (χ1n) is 7.94. The molecule has 0 amide bonds. The molecule has 2 aromatic rings. The third kappa shape index (κ3) is 2.62. The summed E-state index contributed by atoms with van der Waals surface area (Å²) in [6.45, 7) is 3.00. The quantitative estimate of drug-likeness (QED) is 0.875. The second-order valence-corrected chi connectivity index (χ2v) is 7.19. The monoisotopic (exact) mass is 303 g/mol. The van der Waals surface area contributed by atoms with Crippen LogP contribution in [0.3, 0.4) is 0 Å². The Bertz CT molecular complexity index is 573. The molecule has 0 unspecified atom stereocenters. The molecule has 0 bridgehead atoms. The summed E-state index contributed by atoms with van der Waals surface area (Å²) in [5.74, 6) is 1.80. The van der Waals surface area contributed by atoms with Crippen LogP contribution in [0.4, 0.5) is 0 Å². The van der Waals surface area contributed by atoms with E-state index in [1.165, 1.54) is 37.0 Å². The molecule has 112 valence electrons. The van der Waals surface area contributed by atoms with Gasteiger partial charge >= 0.3 is 0 Å².